The number of aromatic amines is 1. The molecule has 1 spiro atoms. The maximum Gasteiger partial charge on any atom is 0.261 e. The van der Waals surface area contributed by atoms with Gasteiger partial charge in [-0.15, -0.1) is 0 Å². The first kappa shape index (κ1) is 16.2. The fraction of sp³-hybridized carbons (Fsp3) is 0.526. The predicted octanol–water partition coefficient (Wildman–Crippen LogP) is 2.28. The molecule has 2 N–H and O–H groups in total. The fourth-order valence-electron chi connectivity index (χ4n) is 5.13. The van der Waals surface area contributed by atoms with E-state index in [9.17, 15) is 9.59 Å². The largest absolute Gasteiger partial charge is 0.377 e. The lowest BCUT2D eigenvalue weighted by Gasteiger charge is -2.63. The van der Waals surface area contributed by atoms with Crippen LogP contribution in [0, 0.1) is 16.1 Å². The number of carbonyl (C=O) groups excluding carboxylic acids is 1. The van der Waals surface area contributed by atoms with E-state index in [1.165, 1.54) is 11.0 Å². The number of aromatic nitrogens is 2. The minimum absolute atomic E-state index is 0.0893. The summed E-state index contributed by atoms with van der Waals surface area (Å²) in [6.45, 7) is 0.805. The Kier molecular flexibility index (Phi) is 3.43. The highest BCUT2D eigenvalue weighted by Gasteiger charge is 2.66. The van der Waals surface area contributed by atoms with E-state index in [1.807, 2.05) is 0 Å². The van der Waals surface area contributed by atoms with E-state index < -0.39 is 0 Å². The zero-order chi connectivity index (χ0) is 18.1. The average Bonchev–Trinajstić information content (AvgIpc) is 3.00. The Morgan fingerprint density at radius 2 is 2.23 bits per heavy atom. The third-order valence-corrected chi connectivity index (χ3v) is 7.06. The second kappa shape index (κ2) is 5.50. The Hall–Kier alpha value is -1.99. The van der Waals surface area contributed by atoms with E-state index in [4.69, 9.17) is 17.0 Å². The number of hydrogen-bond donors (Lipinski definition) is 2. The fourth-order valence-corrected chi connectivity index (χ4v) is 5.32. The van der Waals surface area contributed by atoms with E-state index >= 15 is 0 Å². The van der Waals surface area contributed by atoms with Crippen molar-refractivity contribution in [3.05, 3.63) is 38.9 Å². The number of amides is 1. The zero-order valence-electron chi connectivity index (χ0n) is 14.6. The summed E-state index contributed by atoms with van der Waals surface area (Å²) in [6, 6.07) is 5.33. The molecule has 2 aliphatic carbocycles. The Morgan fingerprint density at radius 3 is 2.96 bits per heavy atom. The monoisotopic (exact) mass is 371 g/mol. The Labute approximate surface area is 155 Å². The summed E-state index contributed by atoms with van der Waals surface area (Å²) < 4.78 is 7.66. The molecule has 2 aromatic rings. The van der Waals surface area contributed by atoms with Crippen LogP contribution in [0.3, 0.4) is 0 Å². The van der Waals surface area contributed by atoms with Crippen LogP contribution in [-0.2, 0) is 11.8 Å². The van der Waals surface area contributed by atoms with Crippen LogP contribution >= 0.6 is 12.2 Å². The van der Waals surface area contributed by atoms with Gasteiger partial charge in [0.25, 0.3) is 11.5 Å². The van der Waals surface area contributed by atoms with Crippen molar-refractivity contribution in [1.29, 1.82) is 0 Å². The first-order chi connectivity index (χ1) is 12.5. The highest BCUT2D eigenvalue weighted by molar-refractivity contribution is 7.71. The molecule has 0 radical (unpaired) electrons. The second-order valence-electron chi connectivity index (χ2n) is 7.84. The van der Waals surface area contributed by atoms with Gasteiger partial charge in [0.1, 0.15) is 0 Å². The lowest BCUT2D eigenvalue weighted by Crippen LogP contribution is -2.71. The number of fused-ring (bicyclic) bond motifs is 3. The van der Waals surface area contributed by atoms with Crippen molar-refractivity contribution < 1.29 is 9.53 Å². The standard InChI is InChI=1S/C19H21N3O3S/c1-22-17(24)11-4-3-10(9-13(11)20-18(22)26)16(23)21-14-12-5-8-25-15(12)19(14)6-2-7-19/h3-4,9,12,14-15H,2,5-8H2,1H3,(H,20,26)(H,21,23)/t12-,14-,15-/m1/s1. The number of ether oxygens (including phenoxy) is 1. The summed E-state index contributed by atoms with van der Waals surface area (Å²) in [5.41, 5.74) is 1.14. The SMILES string of the molecule is Cn1c(=S)[nH]c2cc(C(=O)N[C@@H]3[C@H]4CCO[C@H]4C34CCC4)ccc2c1=O. The van der Waals surface area contributed by atoms with Crippen LogP contribution in [0.5, 0.6) is 0 Å². The zero-order valence-corrected chi connectivity index (χ0v) is 15.4. The first-order valence-corrected chi connectivity index (χ1v) is 9.58. The van der Waals surface area contributed by atoms with Gasteiger partial charge in [-0.25, -0.2) is 0 Å². The maximum atomic E-state index is 12.9. The van der Waals surface area contributed by atoms with Gasteiger partial charge in [-0.3, -0.25) is 14.2 Å². The summed E-state index contributed by atoms with van der Waals surface area (Å²) in [5, 5.41) is 3.79. The highest BCUT2D eigenvalue weighted by atomic mass is 32.1. The normalized spacial score (nSPS) is 28.4. The molecule has 136 valence electrons. The quantitative estimate of drug-likeness (QED) is 0.794. The van der Waals surface area contributed by atoms with Crippen molar-refractivity contribution >= 4 is 29.0 Å². The van der Waals surface area contributed by atoms with Gasteiger partial charge in [-0.1, -0.05) is 6.42 Å². The molecular formula is C19H21N3O3S. The van der Waals surface area contributed by atoms with Crippen molar-refractivity contribution in [2.24, 2.45) is 18.4 Å². The van der Waals surface area contributed by atoms with Crippen molar-refractivity contribution in [3.8, 4) is 0 Å². The van der Waals surface area contributed by atoms with Gasteiger partial charge in [0.2, 0.25) is 0 Å². The minimum Gasteiger partial charge on any atom is -0.377 e. The van der Waals surface area contributed by atoms with Gasteiger partial charge in [-0.2, -0.15) is 0 Å². The molecule has 26 heavy (non-hydrogen) atoms. The molecule has 0 bridgehead atoms. The maximum absolute atomic E-state index is 12.9. The molecule has 2 saturated carbocycles. The molecule has 3 fully saturated rings. The third-order valence-electron chi connectivity index (χ3n) is 6.69. The van der Waals surface area contributed by atoms with Gasteiger partial charge in [0.15, 0.2) is 4.77 Å². The van der Waals surface area contributed by atoms with E-state index in [0.29, 0.717) is 33.3 Å². The van der Waals surface area contributed by atoms with Crippen LogP contribution in [0.25, 0.3) is 10.9 Å². The Bertz CT molecular complexity index is 1040. The van der Waals surface area contributed by atoms with Crippen LogP contribution in [0.1, 0.15) is 36.0 Å². The molecule has 1 aliphatic heterocycles. The van der Waals surface area contributed by atoms with Crippen molar-refractivity contribution in [2.75, 3.05) is 6.61 Å². The molecule has 2 heterocycles. The van der Waals surface area contributed by atoms with Gasteiger partial charge < -0.3 is 15.0 Å². The molecule has 7 heteroatoms. The first-order valence-electron chi connectivity index (χ1n) is 9.17. The summed E-state index contributed by atoms with van der Waals surface area (Å²) >= 11 is 5.17. The van der Waals surface area contributed by atoms with Crippen molar-refractivity contribution in [2.45, 2.75) is 37.8 Å². The van der Waals surface area contributed by atoms with Crippen LogP contribution in [-0.4, -0.2) is 34.2 Å². The summed E-state index contributed by atoms with van der Waals surface area (Å²) in [7, 11) is 1.63. The van der Waals surface area contributed by atoms with Crippen LogP contribution in [0.2, 0.25) is 0 Å². The number of nitrogens with one attached hydrogen (secondary N) is 2. The summed E-state index contributed by atoms with van der Waals surface area (Å²) in [4.78, 5) is 28.2. The smallest absolute Gasteiger partial charge is 0.261 e. The molecule has 1 aromatic carbocycles. The van der Waals surface area contributed by atoms with Crippen molar-refractivity contribution in [1.82, 2.24) is 14.9 Å². The minimum atomic E-state index is -0.158. The summed E-state index contributed by atoms with van der Waals surface area (Å²) in [5.74, 6) is 0.353. The molecule has 1 aromatic heterocycles. The summed E-state index contributed by atoms with van der Waals surface area (Å²) in [6.07, 6.45) is 4.85. The molecule has 1 amide bonds. The highest BCUT2D eigenvalue weighted by Crippen LogP contribution is 2.62. The number of carbonyl (C=O) groups is 1. The predicted molar refractivity (Wildman–Crippen MR) is 99.8 cm³/mol. The molecular weight excluding hydrogens is 350 g/mol. The van der Waals surface area contributed by atoms with Crippen LogP contribution < -0.4 is 10.9 Å². The van der Waals surface area contributed by atoms with Gasteiger partial charge >= 0.3 is 0 Å². The Morgan fingerprint density at radius 1 is 1.42 bits per heavy atom. The topological polar surface area (TPSA) is 76.1 Å². The Balaban J connectivity index is 1.45. The van der Waals surface area contributed by atoms with E-state index in [2.05, 4.69) is 10.3 Å². The molecule has 6 nitrogen and oxygen atoms in total. The van der Waals surface area contributed by atoms with Crippen LogP contribution in [0.15, 0.2) is 23.0 Å². The number of nitrogens with zero attached hydrogens (tertiary/aromatic N) is 1. The molecule has 3 aliphatic rings. The lowest BCUT2D eigenvalue weighted by molar-refractivity contribution is -0.172. The number of hydrogen-bond acceptors (Lipinski definition) is 4. The molecule has 1 saturated heterocycles. The average molecular weight is 371 g/mol. The van der Waals surface area contributed by atoms with Gasteiger partial charge in [-0.05, 0) is 49.7 Å². The second-order valence-corrected chi connectivity index (χ2v) is 8.22. The molecule has 3 atom stereocenters. The van der Waals surface area contributed by atoms with E-state index in [-0.39, 0.29) is 22.9 Å². The third kappa shape index (κ3) is 2.04. The van der Waals surface area contributed by atoms with E-state index in [1.54, 1.807) is 25.2 Å². The molecule has 0 unspecified atom stereocenters. The van der Waals surface area contributed by atoms with Crippen molar-refractivity contribution in [3.63, 3.8) is 0 Å². The van der Waals surface area contributed by atoms with Gasteiger partial charge in [0, 0.05) is 36.6 Å². The molecule has 5 rings (SSSR count). The number of rotatable bonds is 2. The number of benzene rings is 1. The lowest BCUT2D eigenvalue weighted by atomic mass is 9.46. The number of H-pyrrole nitrogens is 1. The van der Waals surface area contributed by atoms with Gasteiger partial charge in [0.05, 0.1) is 17.0 Å². The van der Waals surface area contributed by atoms with E-state index in [0.717, 1.165) is 25.9 Å². The van der Waals surface area contributed by atoms with Crippen LogP contribution in [0.4, 0.5) is 0 Å².